The highest BCUT2D eigenvalue weighted by molar-refractivity contribution is 5.28. The van der Waals surface area contributed by atoms with Crippen molar-refractivity contribution in [1.29, 1.82) is 0 Å². The van der Waals surface area contributed by atoms with E-state index in [0.717, 1.165) is 18.5 Å². The van der Waals surface area contributed by atoms with Gasteiger partial charge in [0, 0.05) is 0 Å². The van der Waals surface area contributed by atoms with Crippen molar-refractivity contribution in [3.63, 3.8) is 0 Å². The zero-order valence-corrected chi connectivity index (χ0v) is 9.35. The quantitative estimate of drug-likeness (QED) is 0.850. The number of nitrogens with zero attached hydrogens (tertiary/aromatic N) is 2. The molecule has 2 rings (SSSR count). The number of aromatic nitrogens is 2. The largest absolute Gasteiger partial charge is 0.382 e. The number of hydrogen-bond donors (Lipinski definition) is 1. The molecule has 0 amide bonds. The van der Waals surface area contributed by atoms with Crippen LogP contribution in [0, 0.1) is 6.92 Å². The molecule has 16 heavy (non-hydrogen) atoms. The summed E-state index contributed by atoms with van der Waals surface area (Å²) in [6.07, 6.45) is 1.89. The second-order valence-electron chi connectivity index (χ2n) is 3.88. The number of hydrogen-bond acceptors (Lipinski definition) is 3. The molecule has 3 heteroatoms. The lowest BCUT2D eigenvalue weighted by atomic mass is 10.0. The smallest absolute Gasteiger partial charge is 0.146 e. The SMILES string of the molecule is Cc1ccccc1CCc1ccc(N)nn1. The van der Waals surface area contributed by atoms with E-state index >= 15 is 0 Å². The Morgan fingerprint density at radius 1 is 1.00 bits per heavy atom. The Bertz CT molecular complexity index is 463. The Balaban J connectivity index is 2.02. The zero-order chi connectivity index (χ0) is 11.4. The van der Waals surface area contributed by atoms with Crippen LogP contribution in [-0.2, 0) is 12.8 Å². The van der Waals surface area contributed by atoms with Crippen molar-refractivity contribution in [2.24, 2.45) is 0 Å². The fourth-order valence-electron chi connectivity index (χ4n) is 1.66. The molecule has 0 radical (unpaired) electrons. The Hall–Kier alpha value is -1.90. The van der Waals surface area contributed by atoms with Crippen LogP contribution in [0.15, 0.2) is 36.4 Å². The Morgan fingerprint density at radius 3 is 2.50 bits per heavy atom. The van der Waals surface area contributed by atoms with E-state index in [-0.39, 0.29) is 0 Å². The predicted molar refractivity (Wildman–Crippen MR) is 65.0 cm³/mol. The summed E-state index contributed by atoms with van der Waals surface area (Å²) < 4.78 is 0. The second-order valence-corrected chi connectivity index (χ2v) is 3.88. The van der Waals surface area contributed by atoms with Crippen LogP contribution in [0.25, 0.3) is 0 Å². The van der Waals surface area contributed by atoms with Gasteiger partial charge in [-0.1, -0.05) is 24.3 Å². The molecule has 1 heterocycles. The molecule has 0 bridgehead atoms. The minimum Gasteiger partial charge on any atom is -0.382 e. The van der Waals surface area contributed by atoms with Crippen molar-refractivity contribution >= 4 is 5.82 Å². The molecule has 2 aromatic rings. The van der Waals surface area contributed by atoms with Crippen molar-refractivity contribution in [3.8, 4) is 0 Å². The van der Waals surface area contributed by atoms with E-state index in [1.54, 1.807) is 6.07 Å². The Kier molecular flexibility index (Phi) is 3.15. The van der Waals surface area contributed by atoms with Gasteiger partial charge in [-0.3, -0.25) is 0 Å². The molecular formula is C13H15N3. The van der Waals surface area contributed by atoms with Crippen molar-refractivity contribution in [2.75, 3.05) is 5.73 Å². The number of nitrogen functional groups attached to an aromatic ring is 1. The average Bonchev–Trinajstić information content (AvgIpc) is 2.30. The molecule has 0 aliphatic carbocycles. The molecular weight excluding hydrogens is 198 g/mol. The number of aryl methyl sites for hydroxylation is 3. The van der Waals surface area contributed by atoms with Crippen LogP contribution in [0.5, 0.6) is 0 Å². The summed E-state index contributed by atoms with van der Waals surface area (Å²) in [7, 11) is 0. The van der Waals surface area contributed by atoms with Gasteiger partial charge in [-0.2, -0.15) is 5.10 Å². The molecule has 1 aromatic carbocycles. The first kappa shape index (κ1) is 10.6. The molecule has 82 valence electrons. The average molecular weight is 213 g/mol. The van der Waals surface area contributed by atoms with Gasteiger partial charge in [0.2, 0.25) is 0 Å². The number of rotatable bonds is 3. The monoisotopic (exact) mass is 213 g/mol. The summed E-state index contributed by atoms with van der Waals surface area (Å²) in [5.74, 6) is 0.472. The van der Waals surface area contributed by atoms with Crippen molar-refractivity contribution in [2.45, 2.75) is 19.8 Å². The topological polar surface area (TPSA) is 51.8 Å². The molecule has 0 saturated carbocycles. The number of nitrogens with two attached hydrogens (primary N) is 1. The fraction of sp³-hybridized carbons (Fsp3) is 0.231. The van der Waals surface area contributed by atoms with E-state index in [1.807, 2.05) is 6.07 Å². The number of anilines is 1. The highest BCUT2D eigenvalue weighted by Gasteiger charge is 2.00. The lowest BCUT2D eigenvalue weighted by Crippen LogP contribution is -1.99. The third kappa shape index (κ3) is 2.57. The Labute approximate surface area is 95.3 Å². The van der Waals surface area contributed by atoms with Crippen LogP contribution in [0.2, 0.25) is 0 Å². The van der Waals surface area contributed by atoms with Gasteiger partial charge in [0.1, 0.15) is 5.82 Å². The zero-order valence-electron chi connectivity index (χ0n) is 9.35. The maximum atomic E-state index is 5.48. The van der Waals surface area contributed by atoms with Gasteiger partial charge in [0.25, 0.3) is 0 Å². The van der Waals surface area contributed by atoms with Crippen molar-refractivity contribution in [3.05, 3.63) is 53.2 Å². The summed E-state index contributed by atoms with van der Waals surface area (Å²) in [6, 6.07) is 12.1. The van der Waals surface area contributed by atoms with Gasteiger partial charge in [0.05, 0.1) is 5.69 Å². The maximum absolute atomic E-state index is 5.48. The molecule has 0 aliphatic heterocycles. The summed E-state index contributed by atoms with van der Waals surface area (Å²) >= 11 is 0. The molecule has 0 saturated heterocycles. The minimum absolute atomic E-state index is 0.472. The molecule has 3 nitrogen and oxygen atoms in total. The maximum Gasteiger partial charge on any atom is 0.146 e. The third-order valence-corrected chi connectivity index (χ3v) is 2.65. The number of benzene rings is 1. The van der Waals surface area contributed by atoms with E-state index in [2.05, 4.69) is 41.4 Å². The van der Waals surface area contributed by atoms with Gasteiger partial charge in [-0.15, -0.1) is 5.10 Å². The Morgan fingerprint density at radius 2 is 1.81 bits per heavy atom. The van der Waals surface area contributed by atoms with Gasteiger partial charge in [-0.25, -0.2) is 0 Å². The first-order chi connectivity index (χ1) is 7.75. The van der Waals surface area contributed by atoms with Gasteiger partial charge in [-0.05, 0) is 43.0 Å². The van der Waals surface area contributed by atoms with Crippen LogP contribution in [0.3, 0.4) is 0 Å². The fourth-order valence-corrected chi connectivity index (χ4v) is 1.66. The molecule has 0 fully saturated rings. The van der Waals surface area contributed by atoms with Crippen molar-refractivity contribution in [1.82, 2.24) is 10.2 Å². The van der Waals surface area contributed by atoms with E-state index in [0.29, 0.717) is 5.82 Å². The van der Waals surface area contributed by atoms with Crippen LogP contribution < -0.4 is 5.73 Å². The summed E-state index contributed by atoms with van der Waals surface area (Å²) in [6.45, 7) is 2.13. The molecule has 0 atom stereocenters. The molecule has 0 aliphatic rings. The predicted octanol–water partition coefficient (Wildman–Crippen LogP) is 2.15. The van der Waals surface area contributed by atoms with Gasteiger partial charge in [0.15, 0.2) is 0 Å². The molecule has 0 unspecified atom stereocenters. The van der Waals surface area contributed by atoms with E-state index in [1.165, 1.54) is 11.1 Å². The molecule has 2 N–H and O–H groups in total. The molecule has 1 aromatic heterocycles. The minimum atomic E-state index is 0.472. The van der Waals surface area contributed by atoms with E-state index < -0.39 is 0 Å². The highest BCUT2D eigenvalue weighted by Crippen LogP contribution is 2.10. The highest BCUT2D eigenvalue weighted by atomic mass is 15.1. The van der Waals surface area contributed by atoms with Crippen LogP contribution >= 0.6 is 0 Å². The third-order valence-electron chi connectivity index (χ3n) is 2.65. The van der Waals surface area contributed by atoms with Crippen LogP contribution in [-0.4, -0.2) is 10.2 Å². The van der Waals surface area contributed by atoms with Crippen LogP contribution in [0.4, 0.5) is 5.82 Å². The molecule has 0 spiro atoms. The first-order valence-electron chi connectivity index (χ1n) is 5.38. The van der Waals surface area contributed by atoms with E-state index in [4.69, 9.17) is 5.73 Å². The summed E-state index contributed by atoms with van der Waals surface area (Å²) in [5, 5.41) is 7.89. The van der Waals surface area contributed by atoms with Gasteiger partial charge >= 0.3 is 0 Å². The lowest BCUT2D eigenvalue weighted by molar-refractivity contribution is 0.859. The lowest BCUT2D eigenvalue weighted by Gasteiger charge is -2.04. The first-order valence-corrected chi connectivity index (χ1v) is 5.38. The van der Waals surface area contributed by atoms with E-state index in [9.17, 15) is 0 Å². The van der Waals surface area contributed by atoms with Crippen LogP contribution in [0.1, 0.15) is 16.8 Å². The van der Waals surface area contributed by atoms with Crippen molar-refractivity contribution < 1.29 is 0 Å². The summed E-state index contributed by atoms with van der Waals surface area (Å²) in [5.41, 5.74) is 9.16. The normalized spacial score (nSPS) is 10.3. The summed E-state index contributed by atoms with van der Waals surface area (Å²) in [4.78, 5) is 0. The standard InChI is InChI=1S/C13H15N3/c1-10-4-2-3-5-11(10)6-7-12-8-9-13(14)16-15-12/h2-5,8-9H,6-7H2,1H3,(H2,14,16). The van der Waals surface area contributed by atoms with Gasteiger partial charge < -0.3 is 5.73 Å². The second kappa shape index (κ2) is 4.75.